The summed E-state index contributed by atoms with van der Waals surface area (Å²) in [6, 6.07) is -0.538. The van der Waals surface area contributed by atoms with Gasteiger partial charge in [0.05, 0.1) is 5.92 Å². The molecular weight excluding hydrogens is 352 g/mol. The Bertz CT molecular complexity index is 522. The first-order valence-corrected chi connectivity index (χ1v) is 9.93. The van der Waals surface area contributed by atoms with Gasteiger partial charge >= 0.3 is 0 Å². The highest BCUT2D eigenvalue weighted by molar-refractivity contribution is 5.92. The summed E-state index contributed by atoms with van der Waals surface area (Å²) < 4.78 is 0. The van der Waals surface area contributed by atoms with E-state index in [0.717, 1.165) is 32.4 Å². The lowest BCUT2D eigenvalue weighted by Gasteiger charge is -2.32. The standard InChI is InChI=1S/C18H32N4O5/c1-2-3-6-13(15(23)16(24)20-27)17(25)22-11-4-7-14(22)18(26)21-10-5-8-19-9-12-21/h13-15,19,23,27H,2-12H2,1H3,(H,20,24)/t13-,14+,15+/m1/s1. The van der Waals surface area contributed by atoms with Crippen LogP contribution in [0.5, 0.6) is 0 Å². The number of rotatable bonds is 7. The minimum absolute atomic E-state index is 0.0557. The molecule has 2 aliphatic heterocycles. The Balaban J connectivity index is 2.12. The molecule has 2 aliphatic rings. The van der Waals surface area contributed by atoms with Gasteiger partial charge in [-0.3, -0.25) is 19.6 Å². The molecule has 9 nitrogen and oxygen atoms in total. The molecule has 3 atom stereocenters. The lowest BCUT2D eigenvalue weighted by Crippen LogP contribution is -2.52. The molecule has 27 heavy (non-hydrogen) atoms. The van der Waals surface area contributed by atoms with Crippen molar-refractivity contribution < 1.29 is 24.7 Å². The van der Waals surface area contributed by atoms with Gasteiger partial charge in [0.15, 0.2) is 0 Å². The molecule has 2 fully saturated rings. The number of hydrogen-bond donors (Lipinski definition) is 4. The third-order valence-corrected chi connectivity index (χ3v) is 5.42. The third kappa shape index (κ3) is 5.40. The van der Waals surface area contributed by atoms with E-state index < -0.39 is 24.0 Å². The molecule has 3 amide bonds. The van der Waals surface area contributed by atoms with Crippen molar-refractivity contribution in [1.82, 2.24) is 20.6 Å². The molecule has 4 N–H and O–H groups in total. The van der Waals surface area contributed by atoms with Crippen LogP contribution in [0.15, 0.2) is 0 Å². The summed E-state index contributed by atoms with van der Waals surface area (Å²) >= 11 is 0. The van der Waals surface area contributed by atoms with Gasteiger partial charge in [-0.05, 0) is 32.2 Å². The first kappa shape index (κ1) is 21.6. The fourth-order valence-electron chi connectivity index (χ4n) is 3.87. The Hall–Kier alpha value is -1.71. The van der Waals surface area contributed by atoms with Gasteiger partial charge in [-0.2, -0.15) is 0 Å². The number of unbranched alkanes of at least 4 members (excludes halogenated alkanes) is 1. The number of nitrogens with one attached hydrogen (secondary N) is 2. The largest absolute Gasteiger partial charge is 0.382 e. The van der Waals surface area contributed by atoms with Gasteiger partial charge in [-0.25, -0.2) is 5.48 Å². The number of amides is 3. The zero-order valence-corrected chi connectivity index (χ0v) is 16.0. The predicted octanol–water partition coefficient (Wildman–Crippen LogP) is -0.528. The van der Waals surface area contributed by atoms with Crippen molar-refractivity contribution >= 4 is 17.7 Å². The quantitative estimate of drug-likeness (QED) is 0.346. The van der Waals surface area contributed by atoms with Gasteiger partial charge in [-0.1, -0.05) is 19.8 Å². The maximum Gasteiger partial charge on any atom is 0.272 e. The summed E-state index contributed by atoms with van der Waals surface area (Å²) in [5, 5.41) is 22.3. The molecular formula is C18H32N4O5. The maximum atomic E-state index is 13.1. The van der Waals surface area contributed by atoms with E-state index in [9.17, 15) is 19.5 Å². The molecule has 0 unspecified atom stereocenters. The van der Waals surface area contributed by atoms with Crippen molar-refractivity contribution in [2.45, 2.75) is 57.6 Å². The number of hydrogen-bond acceptors (Lipinski definition) is 6. The number of aliphatic hydroxyl groups excluding tert-OH is 1. The van der Waals surface area contributed by atoms with E-state index >= 15 is 0 Å². The second kappa shape index (κ2) is 10.6. The fraction of sp³-hybridized carbons (Fsp3) is 0.833. The first-order valence-electron chi connectivity index (χ1n) is 9.93. The average Bonchev–Trinajstić information content (AvgIpc) is 3.01. The Kier molecular flexibility index (Phi) is 8.46. The normalized spacial score (nSPS) is 22.9. The lowest BCUT2D eigenvalue weighted by atomic mass is 9.93. The van der Waals surface area contributed by atoms with Crippen LogP contribution in [0.25, 0.3) is 0 Å². The molecule has 0 saturated carbocycles. The highest BCUT2D eigenvalue weighted by Crippen LogP contribution is 2.25. The Morgan fingerprint density at radius 1 is 1.19 bits per heavy atom. The summed E-state index contributed by atoms with van der Waals surface area (Å²) in [5.41, 5.74) is 1.42. The van der Waals surface area contributed by atoms with Crippen LogP contribution in [-0.2, 0) is 14.4 Å². The molecule has 0 aromatic heterocycles. The number of nitrogens with zero attached hydrogens (tertiary/aromatic N) is 2. The molecule has 0 aromatic carbocycles. The minimum atomic E-state index is -1.63. The molecule has 2 rings (SSSR count). The molecule has 0 spiro atoms. The summed E-state index contributed by atoms with van der Waals surface area (Å²) in [6.07, 6.45) is 2.36. The number of aliphatic hydroxyl groups is 1. The van der Waals surface area contributed by atoms with Gasteiger partial charge in [0, 0.05) is 26.2 Å². The molecule has 0 aromatic rings. The van der Waals surface area contributed by atoms with Gasteiger partial charge < -0.3 is 20.2 Å². The monoisotopic (exact) mass is 384 g/mol. The van der Waals surface area contributed by atoms with Crippen molar-refractivity contribution in [3.05, 3.63) is 0 Å². The van der Waals surface area contributed by atoms with Crippen molar-refractivity contribution in [3.63, 3.8) is 0 Å². The van der Waals surface area contributed by atoms with Gasteiger partial charge in [0.25, 0.3) is 5.91 Å². The zero-order chi connectivity index (χ0) is 19.8. The lowest BCUT2D eigenvalue weighted by molar-refractivity contribution is -0.154. The second-order valence-electron chi connectivity index (χ2n) is 7.29. The van der Waals surface area contributed by atoms with E-state index in [2.05, 4.69) is 5.32 Å². The van der Waals surface area contributed by atoms with E-state index in [1.807, 2.05) is 6.92 Å². The molecule has 2 saturated heterocycles. The Morgan fingerprint density at radius 2 is 1.96 bits per heavy atom. The maximum absolute atomic E-state index is 13.1. The number of carbonyl (C=O) groups is 3. The number of carbonyl (C=O) groups excluding carboxylic acids is 3. The molecule has 154 valence electrons. The molecule has 2 heterocycles. The third-order valence-electron chi connectivity index (χ3n) is 5.42. The van der Waals surface area contributed by atoms with Crippen LogP contribution in [0.3, 0.4) is 0 Å². The van der Waals surface area contributed by atoms with Crippen LogP contribution < -0.4 is 10.8 Å². The van der Waals surface area contributed by atoms with Crippen molar-refractivity contribution in [1.29, 1.82) is 0 Å². The van der Waals surface area contributed by atoms with Crippen LogP contribution in [0.1, 0.15) is 45.4 Å². The van der Waals surface area contributed by atoms with Gasteiger partial charge in [0.2, 0.25) is 11.8 Å². The topological polar surface area (TPSA) is 122 Å². The predicted molar refractivity (Wildman–Crippen MR) is 97.8 cm³/mol. The van der Waals surface area contributed by atoms with Gasteiger partial charge in [0.1, 0.15) is 12.1 Å². The van der Waals surface area contributed by atoms with E-state index in [1.54, 1.807) is 4.90 Å². The first-order chi connectivity index (χ1) is 13.0. The number of hydroxylamine groups is 1. The van der Waals surface area contributed by atoms with Crippen molar-refractivity contribution in [2.24, 2.45) is 5.92 Å². The summed E-state index contributed by atoms with van der Waals surface area (Å²) in [7, 11) is 0. The van der Waals surface area contributed by atoms with E-state index in [-0.39, 0.29) is 11.8 Å². The smallest absolute Gasteiger partial charge is 0.272 e. The molecule has 0 bridgehead atoms. The molecule has 9 heteroatoms. The van der Waals surface area contributed by atoms with Crippen LogP contribution in [0.4, 0.5) is 0 Å². The van der Waals surface area contributed by atoms with E-state index in [1.165, 1.54) is 10.4 Å². The van der Waals surface area contributed by atoms with Gasteiger partial charge in [-0.15, -0.1) is 0 Å². The summed E-state index contributed by atoms with van der Waals surface area (Å²) in [5.74, 6) is -2.40. The minimum Gasteiger partial charge on any atom is -0.382 e. The van der Waals surface area contributed by atoms with Crippen LogP contribution in [0, 0.1) is 5.92 Å². The van der Waals surface area contributed by atoms with Crippen LogP contribution in [-0.4, -0.2) is 82.7 Å². The van der Waals surface area contributed by atoms with Crippen molar-refractivity contribution in [3.8, 4) is 0 Å². The average molecular weight is 384 g/mol. The molecule has 0 radical (unpaired) electrons. The Morgan fingerprint density at radius 3 is 2.67 bits per heavy atom. The van der Waals surface area contributed by atoms with E-state index in [0.29, 0.717) is 38.9 Å². The second-order valence-corrected chi connectivity index (χ2v) is 7.29. The van der Waals surface area contributed by atoms with Crippen molar-refractivity contribution in [2.75, 3.05) is 32.7 Å². The summed E-state index contributed by atoms with van der Waals surface area (Å²) in [6.45, 7) is 5.29. The zero-order valence-electron chi connectivity index (χ0n) is 16.0. The van der Waals surface area contributed by atoms with Crippen LogP contribution in [0.2, 0.25) is 0 Å². The highest BCUT2D eigenvalue weighted by Gasteiger charge is 2.42. The number of likely N-dealkylation sites (tertiary alicyclic amines) is 1. The highest BCUT2D eigenvalue weighted by atomic mass is 16.5. The SMILES string of the molecule is CCCC[C@@H](C(=O)N1CCC[C@H]1C(=O)N1CCCNCC1)[C@H](O)C(=O)NO. The van der Waals surface area contributed by atoms with E-state index in [4.69, 9.17) is 5.21 Å². The fourth-order valence-corrected chi connectivity index (χ4v) is 3.87. The molecule has 0 aliphatic carbocycles. The van der Waals surface area contributed by atoms with Crippen LogP contribution >= 0.6 is 0 Å². The Labute approximate surface area is 160 Å². The summed E-state index contributed by atoms with van der Waals surface area (Å²) in [4.78, 5) is 41.1.